The van der Waals surface area contributed by atoms with E-state index in [0.29, 0.717) is 11.9 Å². The Morgan fingerprint density at radius 1 is 1.58 bits per heavy atom. The topological polar surface area (TPSA) is 55.8 Å². The van der Waals surface area contributed by atoms with Crippen molar-refractivity contribution < 1.29 is 19.4 Å². The number of carboxylic acid groups (broad SMARTS) is 1. The molecule has 0 spiro atoms. The standard InChI is InChI=1S/C14H16O4S/c1-17-11-6-13-12(18-7-19-13)4-10(11)9(5-14(15)16)8-2-3-8/h4,6,8-9H,2-3,5,7H2,1H3,(H,15,16). The molecule has 1 aliphatic heterocycles. The number of carbonyl (C=O) groups is 1. The van der Waals surface area contributed by atoms with Gasteiger partial charge in [-0.25, -0.2) is 0 Å². The smallest absolute Gasteiger partial charge is 0.303 e. The van der Waals surface area contributed by atoms with Gasteiger partial charge >= 0.3 is 5.97 Å². The third kappa shape index (κ3) is 2.52. The van der Waals surface area contributed by atoms with Crippen LogP contribution < -0.4 is 9.47 Å². The van der Waals surface area contributed by atoms with Gasteiger partial charge in [0, 0.05) is 11.5 Å². The largest absolute Gasteiger partial charge is 0.496 e. The Morgan fingerprint density at radius 2 is 2.37 bits per heavy atom. The number of methoxy groups -OCH3 is 1. The van der Waals surface area contributed by atoms with E-state index in [0.717, 1.165) is 34.8 Å². The first-order chi connectivity index (χ1) is 9.19. The molecule has 0 bridgehead atoms. The fourth-order valence-electron chi connectivity index (χ4n) is 2.62. The summed E-state index contributed by atoms with van der Waals surface area (Å²) in [5, 5.41) is 9.10. The number of carboxylic acids is 1. The second-order valence-corrected chi connectivity index (χ2v) is 5.95. The minimum Gasteiger partial charge on any atom is -0.496 e. The second kappa shape index (κ2) is 4.96. The molecule has 5 heteroatoms. The van der Waals surface area contributed by atoms with Gasteiger partial charge in [0.15, 0.2) is 0 Å². The van der Waals surface area contributed by atoms with E-state index in [2.05, 4.69) is 0 Å². The maximum atomic E-state index is 11.1. The summed E-state index contributed by atoms with van der Waals surface area (Å²) in [6, 6.07) is 3.94. The van der Waals surface area contributed by atoms with Crippen molar-refractivity contribution >= 4 is 17.7 Å². The molecular weight excluding hydrogens is 264 g/mol. The quantitative estimate of drug-likeness (QED) is 0.898. The third-order valence-corrected chi connectivity index (χ3v) is 4.58. The van der Waals surface area contributed by atoms with Gasteiger partial charge in [-0.15, -0.1) is 0 Å². The highest BCUT2D eigenvalue weighted by Gasteiger charge is 2.36. The molecule has 0 radical (unpaired) electrons. The van der Waals surface area contributed by atoms with Gasteiger partial charge in [-0.3, -0.25) is 4.79 Å². The average Bonchev–Trinajstić information content (AvgIpc) is 3.12. The molecule has 3 rings (SSSR count). The van der Waals surface area contributed by atoms with Crippen molar-refractivity contribution in [3.05, 3.63) is 17.7 Å². The SMILES string of the molecule is COc1cc2c(cc1C(CC(=O)O)C1CC1)OCS2. The lowest BCUT2D eigenvalue weighted by Crippen LogP contribution is -2.10. The zero-order valence-electron chi connectivity index (χ0n) is 10.7. The summed E-state index contributed by atoms with van der Waals surface area (Å²) in [6.45, 7) is 0. The monoisotopic (exact) mass is 280 g/mol. The van der Waals surface area contributed by atoms with E-state index < -0.39 is 5.97 Å². The number of hydrogen-bond donors (Lipinski definition) is 1. The van der Waals surface area contributed by atoms with E-state index >= 15 is 0 Å². The zero-order chi connectivity index (χ0) is 13.4. The fraction of sp³-hybridized carbons (Fsp3) is 0.500. The Kier molecular flexibility index (Phi) is 3.31. The lowest BCUT2D eigenvalue weighted by Gasteiger charge is -2.18. The van der Waals surface area contributed by atoms with E-state index in [1.165, 1.54) is 0 Å². The molecule has 1 aromatic carbocycles. The molecule has 0 amide bonds. The summed E-state index contributed by atoms with van der Waals surface area (Å²) >= 11 is 1.64. The second-order valence-electron chi connectivity index (χ2n) is 4.99. The van der Waals surface area contributed by atoms with Gasteiger partial charge in [0.1, 0.15) is 17.4 Å². The van der Waals surface area contributed by atoms with Crippen LogP contribution in [-0.4, -0.2) is 24.1 Å². The molecule has 1 unspecified atom stereocenters. The van der Waals surface area contributed by atoms with Crippen molar-refractivity contribution in [3.63, 3.8) is 0 Å². The Morgan fingerprint density at radius 3 is 3.00 bits per heavy atom. The molecule has 1 heterocycles. The molecule has 0 saturated heterocycles. The number of hydrogen-bond acceptors (Lipinski definition) is 4. The Labute approximate surface area is 116 Å². The van der Waals surface area contributed by atoms with E-state index in [4.69, 9.17) is 14.6 Å². The number of thioether (sulfide) groups is 1. The minimum absolute atomic E-state index is 0.0342. The molecule has 1 aliphatic carbocycles. The van der Waals surface area contributed by atoms with Crippen LogP contribution in [0.1, 0.15) is 30.7 Å². The van der Waals surface area contributed by atoms with Crippen LogP contribution >= 0.6 is 11.8 Å². The minimum atomic E-state index is -0.755. The van der Waals surface area contributed by atoms with Crippen LogP contribution in [0.25, 0.3) is 0 Å². The van der Waals surface area contributed by atoms with Gasteiger partial charge in [0.2, 0.25) is 0 Å². The molecule has 102 valence electrons. The summed E-state index contributed by atoms with van der Waals surface area (Å²) in [6.07, 6.45) is 2.37. The van der Waals surface area contributed by atoms with Crippen LogP contribution in [-0.2, 0) is 4.79 Å². The van der Waals surface area contributed by atoms with E-state index in [1.54, 1.807) is 18.9 Å². The normalized spacial score (nSPS) is 18.6. The van der Waals surface area contributed by atoms with Crippen LogP contribution in [0.2, 0.25) is 0 Å². The first-order valence-corrected chi connectivity index (χ1v) is 7.37. The lowest BCUT2D eigenvalue weighted by molar-refractivity contribution is -0.137. The molecule has 0 aromatic heterocycles. The summed E-state index contributed by atoms with van der Waals surface area (Å²) in [5.74, 6) is 2.01. The van der Waals surface area contributed by atoms with Crippen LogP contribution in [0, 0.1) is 5.92 Å². The molecule has 4 nitrogen and oxygen atoms in total. The van der Waals surface area contributed by atoms with E-state index in [-0.39, 0.29) is 12.3 Å². The number of rotatable bonds is 5. The van der Waals surface area contributed by atoms with Gasteiger partial charge in [-0.05, 0) is 30.9 Å². The summed E-state index contributed by atoms with van der Waals surface area (Å²) in [5.41, 5.74) is 0.980. The molecule has 1 atom stereocenters. The van der Waals surface area contributed by atoms with Crippen LogP contribution in [0.3, 0.4) is 0 Å². The first kappa shape index (κ1) is 12.7. The zero-order valence-corrected chi connectivity index (χ0v) is 11.5. The van der Waals surface area contributed by atoms with Crippen LogP contribution in [0.15, 0.2) is 17.0 Å². The van der Waals surface area contributed by atoms with Gasteiger partial charge < -0.3 is 14.6 Å². The van der Waals surface area contributed by atoms with E-state index in [1.807, 2.05) is 12.1 Å². The predicted octanol–water partition coefficient (Wildman–Crippen LogP) is 3.11. The molecule has 1 N–H and O–H groups in total. The first-order valence-electron chi connectivity index (χ1n) is 6.38. The Bertz CT molecular complexity index is 510. The molecule has 1 aromatic rings. The van der Waals surface area contributed by atoms with Crippen molar-refractivity contribution in [2.24, 2.45) is 5.92 Å². The van der Waals surface area contributed by atoms with Gasteiger partial charge in [0.25, 0.3) is 0 Å². The van der Waals surface area contributed by atoms with Crippen molar-refractivity contribution in [2.75, 3.05) is 13.0 Å². The van der Waals surface area contributed by atoms with Gasteiger partial charge in [-0.2, -0.15) is 0 Å². The van der Waals surface area contributed by atoms with Crippen molar-refractivity contribution in [3.8, 4) is 11.5 Å². The van der Waals surface area contributed by atoms with Crippen LogP contribution in [0.5, 0.6) is 11.5 Å². The molecular formula is C14H16O4S. The molecule has 2 aliphatic rings. The number of fused-ring (bicyclic) bond motifs is 1. The Balaban J connectivity index is 1.99. The Hall–Kier alpha value is -1.36. The molecule has 1 saturated carbocycles. The highest BCUT2D eigenvalue weighted by atomic mass is 32.2. The maximum Gasteiger partial charge on any atom is 0.303 e. The van der Waals surface area contributed by atoms with Crippen molar-refractivity contribution in [2.45, 2.75) is 30.1 Å². The summed E-state index contributed by atoms with van der Waals surface area (Å²) in [7, 11) is 1.64. The predicted molar refractivity (Wildman–Crippen MR) is 72.1 cm³/mol. The number of ether oxygens (including phenoxy) is 2. The summed E-state index contributed by atoms with van der Waals surface area (Å²) < 4.78 is 11.0. The maximum absolute atomic E-state index is 11.1. The number of benzene rings is 1. The van der Waals surface area contributed by atoms with E-state index in [9.17, 15) is 4.79 Å². The van der Waals surface area contributed by atoms with Crippen LogP contribution in [0.4, 0.5) is 0 Å². The highest BCUT2D eigenvalue weighted by Crippen LogP contribution is 2.50. The molecule has 1 fully saturated rings. The summed E-state index contributed by atoms with van der Waals surface area (Å²) in [4.78, 5) is 12.1. The average molecular weight is 280 g/mol. The lowest BCUT2D eigenvalue weighted by atomic mass is 9.90. The number of aliphatic carboxylic acids is 1. The van der Waals surface area contributed by atoms with Crippen molar-refractivity contribution in [1.29, 1.82) is 0 Å². The third-order valence-electron chi connectivity index (χ3n) is 3.71. The fourth-order valence-corrected chi connectivity index (χ4v) is 3.39. The molecule has 19 heavy (non-hydrogen) atoms. The van der Waals surface area contributed by atoms with Gasteiger partial charge in [0.05, 0.1) is 18.4 Å². The highest BCUT2D eigenvalue weighted by molar-refractivity contribution is 7.99. The van der Waals surface area contributed by atoms with Crippen molar-refractivity contribution in [1.82, 2.24) is 0 Å². The van der Waals surface area contributed by atoms with Gasteiger partial charge in [-0.1, -0.05) is 11.8 Å².